The summed E-state index contributed by atoms with van der Waals surface area (Å²) < 4.78 is 28.0. The van der Waals surface area contributed by atoms with Crippen LogP contribution >= 0.6 is 27.5 Å². The van der Waals surface area contributed by atoms with Crippen molar-refractivity contribution >= 4 is 43.2 Å². The number of nitro groups is 1. The highest BCUT2D eigenvalue weighted by Gasteiger charge is 2.27. The zero-order chi connectivity index (χ0) is 16.4. The van der Waals surface area contributed by atoms with Crippen LogP contribution in [-0.4, -0.2) is 25.7 Å². The maximum atomic E-state index is 11.1. The minimum atomic E-state index is -3.68. The average Bonchev–Trinajstić information content (AvgIpc) is 2.23. The molecule has 7 nitrogen and oxygen atoms in total. The molecule has 0 radical (unpaired) electrons. The summed E-state index contributed by atoms with van der Waals surface area (Å²) in [5.41, 5.74) is -1.11. The Balaban J connectivity index is 3.01. The highest BCUT2D eigenvalue weighted by molar-refractivity contribution is 9.10. The van der Waals surface area contributed by atoms with E-state index >= 15 is 0 Å². The maximum absolute atomic E-state index is 11.1. The zero-order valence-electron chi connectivity index (χ0n) is 11.3. The van der Waals surface area contributed by atoms with Gasteiger partial charge in [0.2, 0.25) is 15.8 Å². The van der Waals surface area contributed by atoms with Crippen molar-refractivity contribution in [2.24, 2.45) is 10.6 Å². The van der Waals surface area contributed by atoms with E-state index < -0.39 is 20.4 Å². The maximum Gasteiger partial charge on any atom is 0.313 e. The van der Waals surface area contributed by atoms with E-state index in [9.17, 15) is 18.5 Å². The number of nitro benzene ring substituents is 1. The first-order valence-corrected chi connectivity index (χ1v) is 8.57. The SMILES string of the molecule is CC(C)(COc1c(Br)cc(Cl)cc1[N+](=O)[O-])CS(N)(=O)=O. The van der Waals surface area contributed by atoms with Crippen molar-refractivity contribution in [1.29, 1.82) is 0 Å². The fourth-order valence-electron chi connectivity index (χ4n) is 1.68. The van der Waals surface area contributed by atoms with Crippen LogP contribution in [0, 0.1) is 15.5 Å². The minimum Gasteiger partial charge on any atom is -0.485 e. The van der Waals surface area contributed by atoms with E-state index in [1.807, 2.05) is 0 Å². The van der Waals surface area contributed by atoms with Crippen LogP contribution in [0.5, 0.6) is 5.75 Å². The van der Waals surface area contributed by atoms with E-state index in [0.29, 0.717) is 4.47 Å². The van der Waals surface area contributed by atoms with E-state index in [4.69, 9.17) is 21.5 Å². The molecule has 0 aromatic heterocycles. The number of nitrogens with zero attached hydrogens (tertiary/aromatic N) is 1. The molecule has 0 spiro atoms. The quantitative estimate of drug-likeness (QED) is 0.581. The Labute approximate surface area is 135 Å². The fourth-order valence-corrected chi connectivity index (χ4v) is 3.76. The monoisotopic (exact) mass is 400 g/mol. The molecular weight excluding hydrogens is 388 g/mol. The lowest BCUT2D eigenvalue weighted by Crippen LogP contribution is -2.33. The number of benzene rings is 1. The van der Waals surface area contributed by atoms with Gasteiger partial charge in [0.15, 0.2) is 0 Å². The summed E-state index contributed by atoms with van der Waals surface area (Å²) in [6.07, 6.45) is 0. The summed E-state index contributed by atoms with van der Waals surface area (Å²) in [7, 11) is -3.68. The van der Waals surface area contributed by atoms with Crippen LogP contribution in [0.2, 0.25) is 5.02 Å². The van der Waals surface area contributed by atoms with Crippen LogP contribution in [0.3, 0.4) is 0 Å². The molecule has 118 valence electrons. The minimum absolute atomic E-state index is 0.00751. The molecule has 21 heavy (non-hydrogen) atoms. The largest absolute Gasteiger partial charge is 0.485 e. The molecule has 0 atom stereocenters. The van der Waals surface area contributed by atoms with Gasteiger partial charge in [-0.25, -0.2) is 13.6 Å². The summed E-state index contributed by atoms with van der Waals surface area (Å²) in [6.45, 7) is 3.20. The second-order valence-corrected chi connectivity index (χ2v) is 8.16. The predicted octanol–water partition coefficient (Wildman–Crippen LogP) is 2.70. The van der Waals surface area contributed by atoms with Gasteiger partial charge < -0.3 is 4.74 Å². The molecule has 0 saturated carbocycles. The highest BCUT2D eigenvalue weighted by Crippen LogP contribution is 2.38. The number of primary sulfonamides is 1. The van der Waals surface area contributed by atoms with Crippen molar-refractivity contribution in [3.05, 3.63) is 31.7 Å². The molecule has 1 aromatic rings. The molecule has 1 rings (SSSR count). The molecular formula is C11H14BrClN2O5S. The Bertz CT molecular complexity index is 663. The number of sulfonamides is 1. The van der Waals surface area contributed by atoms with Crippen LogP contribution in [0.4, 0.5) is 5.69 Å². The molecule has 0 aliphatic rings. The zero-order valence-corrected chi connectivity index (χ0v) is 14.5. The van der Waals surface area contributed by atoms with E-state index in [0.717, 1.165) is 6.07 Å². The Morgan fingerprint density at radius 3 is 2.52 bits per heavy atom. The average molecular weight is 402 g/mol. The third-order valence-corrected chi connectivity index (χ3v) is 4.38. The highest BCUT2D eigenvalue weighted by atomic mass is 79.9. The Morgan fingerprint density at radius 1 is 1.48 bits per heavy atom. The molecule has 0 unspecified atom stereocenters. The second-order valence-electron chi connectivity index (χ2n) is 5.25. The van der Waals surface area contributed by atoms with Crippen LogP contribution < -0.4 is 9.88 Å². The van der Waals surface area contributed by atoms with Crippen molar-refractivity contribution in [3.8, 4) is 5.75 Å². The molecule has 0 amide bonds. The van der Waals surface area contributed by atoms with Crippen LogP contribution in [0.25, 0.3) is 0 Å². The standard InChI is InChI=1S/C11H14BrClN2O5S/c1-11(2,6-21(14,18)19)5-20-10-8(12)3-7(13)4-9(10)15(16)17/h3-4H,5-6H2,1-2H3,(H2,14,18,19). The first kappa shape index (κ1) is 18.1. The smallest absolute Gasteiger partial charge is 0.313 e. The van der Waals surface area contributed by atoms with Gasteiger partial charge in [-0.1, -0.05) is 25.4 Å². The summed E-state index contributed by atoms with van der Waals surface area (Å²) in [6, 6.07) is 2.62. The summed E-state index contributed by atoms with van der Waals surface area (Å²) in [5.74, 6) is -0.314. The lowest BCUT2D eigenvalue weighted by molar-refractivity contribution is -0.386. The molecule has 2 N–H and O–H groups in total. The fraction of sp³-hybridized carbons (Fsp3) is 0.455. The number of rotatable bonds is 6. The molecule has 1 aromatic carbocycles. The number of ether oxygens (including phenoxy) is 1. The molecule has 0 heterocycles. The molecule has 0 aliphatic heterocycles. The van der Waals surface area contributed by atoms with Crippen LogP contribution in [-0.2, 0) is 10.0 Å². The molecule has 0 saturated heterocycles. The van der Waals surface area contributed by atoms with E-state index in [1.165, 1.54) is 6.07 Å². The van der Waals surface area contributed by atoms with Gasteiger partial charge in [-0.3, -0.25) is 10.1 Å². The Morgan fingerprint density at radius 2 is 2.05 bits per heavy atom. The van der Waals surface area contributed by atoms with Gasteiger partial charge in [0, 0.05) is 16.5 Å². The predicted molar refractivity (Wildman–Crippen MR) is 83.1 cm³/mol. The van der Waals surface area contributed by atoms with Gasteiger partial charge >= 0.3 is 5.69 Å². The van der Waals surface area contributed by atoms with Crippen LogP contribution in [0.1, 0.15) is 13.8 Å². The van der Waals surface area contributed by atoms with Gasteiger partial charge in [0.25, 0.3) is 0 Å². The van der Waals surface area contributed by atoms with Crippen molar-refractivity contribution in [2.75, 3.05) is 12.4 Å². The molecule has 0 aliphatic carbocycles. The summed E-state index contributed by atoms with van der Waals surface area (Å²) >= 11 is 8.90. The second kappa shape index (κ2) is 6.47. The lowest BCUT2D eigenvalue weighted by atomic mass is 9.98. The number of halogens is 2. The van der Waals surface area contributed by atoms with Crippen molar-refractivity contribution < 1.29 is 18.1 Å². The van der Waals surface area contributed by atoms with E-state index in [1.54, 1.807) is 13.8 Å². The van der Waals surface area contributed by atoms with Gasteiger partial charge in [0.05, 0.1) is 21.8 Å². The molecule has 0 fully saturated rings. The molecule has 0 bridgehead atoms. The number of nitrogens with two attached hydrogens (primary N) is 1. The first-order chi connectivity index (χ1) is 9.41. The van der Waals surface area contributed by atoms with Gasteiger partial charge in [-0.05, 0) is 22.0 Å². The summed E-state index contributed by atoms with van der Waals surface area (Å²) in [5, 5.41) is 16.2. The third kappa shape index (κ3) is 5.77. The first-order valence-electron chi connectivity index (χ1n) is 5.68. The van der Waals surface area contributed by atoms with E-state index in [2.05, 4.69) is 15.9 Å². The normalized spacial score (nSPS) is 12.2. The third-order valence-electron chi connectivity index (χ3n) is 2.38. The van der Waals surface area contributed by atoms with Gasteiger partial charge in [0.1, 0.15) is 0 Å². The van der Waals surface area contributed by atoms with E-state index in [-0.39, 0.29) is 28.8 Å². The van der Waals surface area contributed by atoms with Crippen LogP contribution in [0.15, 0.2) is 16.6 Å². The number of hydrogen-bond donors (Lipinski definition) is 1. The lowest BCUT2D eigenvalue weighted by Gasteiger charge is -2.23. The van der Waals surface area contributed by atoms with Crippen molar-refractivity contribution in [2.45, 2.75) is 13.8 Å². The molecule has 10 heteroatoms. The number of hydrogen-bond acceptors (Lipinski definition) is 5. The van der Waals surface area contributed by atoms with Crippen molar-refractivity contribution in [1.82, 2.24) is 0 Å². The van der Waals surface area contributed by atoms with Crippen molar-refractivity contribution in [3.63, 3.8) is 0 Å². The summed E-state index contributed by atoms with van der Waals surface area (Å²) in [4.78, 5) is 10.4. The van der Waals surface area contributed by atoms with Gasteiger partial charge in [-0.15, -0.1) is 0 Å². The Kier molecular flexibility index (Phi) is 5.59. The topological polar surface area (TPSA) is 113 Å². The van der Waals surface area contributed by atoms with Gasteiger partial charge in [-0.2, -0.15) is 0 Å². The Hall–Kier alpha value is -0.900.